The summed E-state index contributed by atoms with van der Waals surface area (Å²) >= 11 is 12.1. The van der Waals surface area contributed by atoms with Gasteiger partial charge in [-0.15, -0.1) is 0 Å². The molecule has 1 aliphatic heterocycles. The molecule has 6 nitrogen and oxygen atoms in total. The van der Waals surface area contributed by atoms with E-state index in [0.29, 0.717) is 41.9 Å². The van der Waals surface area contributed by atoms with E-state index < -0.39 is 16.1 Å². The number of amides is 1. The van der Waals surface area contributed by atoms with Gasteiger partial charge in [0.25, 0.3) is 0 Å². The zero-order valence-electron chi connectivity index (χ0n) is 16.5. The highest BCUT2D eigenvalue weighted by Crippen LogP contribution is 2.26. The summed E-state index contributed by atoms with van der Waals surface area (Å²) in [7, 11) is -3.52. The minimum Gasteiger partial charge on any atom is -0.323 e. The molecule has 1 aliphatic rings. The Morgan fingerprint density at radius 2 is 1.73 bits per heavy atom. The molecule has 0 bridgehead atoms. The van der Waals surface area contributed by atoms with Crippen LogP contribution in [0.4, 0.5) is 5.69 Å². The fraction of sp³-hybridized carbons (Fsp3) is 0.286. The number of hydrogen-bond acceptors (Lipinski definition) is 4. The van der Waals surface area contributed by atoms with Gasteiger partial charge in [0.15, 0.2) is 0 Å². The number of benzene rings is 2. The molecule has 1 atom stereocenters. The van der Waals surface area contributed by atoms with Crippen LogP contribution in [0.2, 0.25) is 10.0 Å². The maximum absolute atomic E-state index is 12.6. The number of carbonyl (C=O) groups is 1. The maximum Gasteiger partial charge on any atom is 0.241 e. The standard InChI is InChI=1S/C21H23Cl2N3O3S/c1-16(21(27)24-20-15-18(22)7-8-19(20)23)25-10-12-26(13-11-25)30(28,29)14-9-17-5-3-2-4-6-17/h2-9,14-16H,10-13H2,1H3,(H,24,27)/b14-9+/t16-/m0/s1. The van der Waals surface area contributed by atoms with Crippen molar-refractivity contribution in [1.29, 1.82) is 0 Å². The smallest absolute Gasteiger partial charge is 0.241 e. The van der Waals surface area contributed by atoms with Crippen LogP contribution in [0.25, 0.3) is 6.08 Å². The molecule has 1 amide bonds. The Labute approximate surface area is 187 Å². The zero-order chi connectivity index (χ0) is 21.7. The molecule has 3 rings (SSSR count). The first-order valence-electron chi connectivity index (χ1n) is 9.49. The number of anilines is 1. The van der Waals surface area contributed by atoms with Crippen molar-refractivity contribution < 1.29 is 13.2 Å². The molecule has 2 aromatic carbocycles. The topological polar surface area (TPSA) is 69.7 Å². The van der Waals surface area contributed by atoms with Gasteiger partial charge in [-0.3, -0.25) is 9.69 Å². The summed E-state index contributed by atoms with van der Waals surface area (Å²) < 4.78 is 26.6. The molecule has 1 fully saturated rings. The average Bonchev–Trinajstić information content (AvgIpc) is 2.75. The largest absolute Gasteiger partial charge is 0.323 e. The predicted molar refractivity (Wildman–Crippen MR) is 122 cm³/mol. The molecule has 0 spiro atoms. The minimum absolute atomic E-state index is 0.223. The number of halogens is 2. The summed E-state index contributed by atoms with van der Waals surface area (Å²) in [5.41, 5.74) is 1.28. The van der Waals surface area contributed by atoms with E-state index in [2.05, 4.69) is 5.32 Å². The van der Waals surface area contributed by atoms with Crippen LogP contribution in [0.5, 0.6) is 0 Å². The third kappa shape index (κ3) is 5.83. The van der Waals surface area contributed by atoms with Gasteiger partial charge in [-0.25, -0.2) is 8.42 Å². The Bertz CT molecular complexity index is 1020. The normalized spacial score (nSPS) is 17.2. The van der Waals surface area contributed by atoms with Crippen LogP contribution in [-0.4, -0.2) is 55.8 Å². The molecule has 160 valence electrons. The summed E-state index contributed by atoms with van der Waals surface area (Å²) in [5, 5.41) is 4.90. The molecule has 1 saturated heterocycles. The first-order valence-corrected chi connectivity index (χ1v) is 11.8. The molecular formula is C21H23Cl2N3O3S. The number of piperazine rings is 1. The van der Waals surface area contributed by atoms with Crippen molar-refractivity contribution in [1.82, 2.24) is 9.21 Å². The lowest BCUT2D eigenvalue weighted by atomic mass is 10.2. The van der Waals surface area contributed by atoms with E-state index in [1.807, 2.05) is 35.2 Å². The van der Waals surface area contributed by atoms with Gasteiger partial charge in [0.1, 0.15) is 0 Å². The van der Waals surface area contributed by atoms with Crippen molar-refractivity contribution in [3.8, 4) is 0 Å². The molecule has 30 heavy (non-hydrogen) atoms. The SMILES string of the molecule is C[C@@H](C(=O)Nc1cc(Cl)ccc1Cl)N1CCN(S(=O)(=O)/C=C/c2ccccc2)CC1. The fourth-order valence-electron chi connectivity index (χ4n) is 3.16. The van der Waals surface area contributed by atoms with E-state index in [-0.39, 0.29) is 5.91 Å². The van der Waals surface area contributed by atoms with Crippen LogP contribution in [0.15, 0.2) is 53.9 Å². The predicted octanol–water partition coefficient (Wildman–Crippen LogP) is 3.94. The van der Waals surface area contributed by atoms with Crippen LogP contribution < -0.4 is 5.32 Å². The molecule has 1 N–H and O–H groups in total. The zero-order valence-corrected chi connectivity index (χ0v) is 18.8. The van der Waals surface area contributed by atoms with Gasteiger partial charge < -0.3 is 5.32 Å². The number of hydrogen-bond donors (Lipinski definition) is 1. The van der Waals surface area contributed by atoms with Gasteiger partial charge in [-0.05, 0) is 36.8 Å². The maximum atomic E-state index is 12.6. The van der Waals surface area contributed by atoms with Crippen LogP contribution in [0, 0.1) is 0 Å². The quantitative estimate of drug-likeness (QED) is 0.698. The minimum atomic E-state index is -3.52. The van der Waals surface area contributed by atoms with E-state index >= 15 is 0 Å². The average molecular weight is 468 g/mol. The molecule has 0 radical (unpaired) electrons. The number of nitrogens with one attached hydrogen (secondary N) is 1. The summed E-state index contributed by atoms with van der Waals surface area (Å²) in [6.45, 7) is 3.33. The summed E-state index contributed by atoms with van der Waals surface area (Å²) in [6, 6.07) is 13.7. The molecule has 0 aromatic heterocycles. The highest BCUT2D eigenvalue weighted by Gasteiger charge is 2.30. The van der Waals surface area contributed by atoms with Gasteiger partial charge >= 0.3 is 0 Å². The lowest BCUT2D eigenvalue weighted by molar-refractivity contribution is -0.121. The van der Waals surface area contributed by atoms with E-state index in [1.165, 1.54) is 9.71 Å². The van der Waals surface area contributed by atoms with E-state index in [4.69, 9.17) is 23.2 Å². The van der Waals surface area contributed by atoms with Crippen molar-refractivity contribution in [2.24, 2.45) is 0 Å². The Balaban J connectivity index is 1.57. The van der Waals surface area contributed by atoms with Crippen LogP contribution in [0.1, 0.15) is 12.5 Å². The van der Waals surface area contributed by atoms with Gasteiger partial charge in [0.05, 0.1) is 16.8 Å². The number of carbonyl (C=O) groups excluding carboxylic acids is 1. The Hall–Kier alpha value is -1.90. The highest BCUT2D eigenvalue weighted by atomic mass is 35.5. The van der Waals surface area contributed by atoms with E-state index in [1.54, 1.807) is 31.2 Å². The molecular weight excluding hydrogens is 445 g/mol. The van der Waals surface area contributed by atoms with Gasteiger partial charge in [-0.2, -0.15) is 4.31 Å². The lowest BCUT2D eigenvalue weighted by Crippen LogP contribution is -2.53. The van der Waals surface area contributed by atoms with Crippen molar-refractivity contribution in [3.05, 3.63) is 69.5 Å². The van der Waals surface area contributed by atoms with Crippen molar-refractivity contribution >= 4 is 50.9 Å². The molecule has 9 heteroatoms. The van der Waals surface area contributed by atoms with Gasteiger partial charge in [0.2, 0.25) is 15.9 Å². The van der Waals surface area contributed by atoms with Crippen LogP contribution in [0.3, 0.4) is 0 Å². The first-order chi connectivity index (χ1) is 14.3. The molecule has 0 aliphatic carbocycles. The Morgan fingerprint density at radius 1 is 1.07 bits per heavy atom. The third-order valence-electron chi connectivity index (χ3n) is 4.98. The lowest BCUT2D eigenvalue weighted by Gasteiger charge is -2.36. The second kappa shape index (κ2) is 9.94. The Kier molecular flexibility index (Phi) is 7.55. The molecule has 0 unspecified atom stereocenters. The third-order valence-corrected chi connectivity index (χ3v) is 7.11. The summed E-state index contributed by atoms with van der Waals surface area (Å²) in [6.07, 6.45) is 1.59. The van der Waals surface area contributed by atoms with E-state index in [9.17, 15) is 13.2 Å². The number of nitrogens with zero attached hydrogens (tertiary/aromatic N) is 2. The molecule has 0 saturated carbocycles. The second-order valence-corrected chi connectivity index (χ2v) is 9.64. The number of rotatable bonds is 6. The monoisotopic (exact) mass is 467 g/mol. The van der Waals surface area contributed by atoms with Crippen molar-refractivity contribution in [2.75, 3.05) is 31.5 Å². The molecule has 1 heterocycles. The van der Waals surface area contributed by atoms with Crippen LogP contribution in [-0.2, 0) is 14.8 Å². The second-order valence-electron chi connectivity index (χ2n) is 6.98. The van der Waals surface area contributed by atoms with Crippen LogP contribution >= 0.6 is 23.2 Å². The highest BCUT2D eigenvalue weighted by molar-refractivity contribution is 7.92. The molecule has 2 aromatic rings. The first kappa shape index (κ1) is 22.8. The fourth-order valence-corrected chi connectivity index (χ4v) is 4.67. The van der Waals surface area contributed by atoms with Crippen molar-refractivity contribution in [2.45, 2.75) is 13.0 Å². The van der Waals surface area contributed by atoms with Crippen molar-refractivity contribution in [3.63, 3.8) is 0 Å². The van der Waals surface area contributed by atoms with E-state index in [0.717, 1.165) is 5.56 Å². The van der Waals surface area contributed by atoms with Gasteiger partial charge in [-0.1, -0.05) is 53.5 Å². The number of sulfonamides is 1. The summed E-state index contributed by atoms with van der Waals surface area (Å²) in [5.74, 6) is -0.223. The summed E-state index contributed by atoms with van der Waals surface area (Å²) in [4.78, 5) is 14.6. The van der Waals surface area contributed by atoms with Gasteiger partial charge in [0, 0.05) is 36.6 Å². The Morgan fingerprint density at radius 3 is 2.40 bits per heavy atom.